The van der Waals surface area contributed by atoms with Gasteiger partial charge in [0, 0.05) is 74.7 Å². The minimum absolute atomic E-state index is 0.0146. The molecule has 0 aliphatic carbocycles. The van der Waals surface area contributed by atoms with Gasteiger partial charge in [0.25, 0.3) is 5.56 Å². The molecule has 0 amide bonds. The predicted octanol–water partition coefficient (Wildman–Crippen LogP) is 2.24. The van der Waals surface area contributed by atoms with E-state index in [9.17, 15) is 4.79 Å². The minimum atomic E-state index is -0.0735. The van der Waals surface area contributed by atoms with E-state index in [-0.39, 0.29) is 11.1 Å². The van der Waals surface area contributed by atoms with Gasteiger partial charge in [0.15, 0.2) is 0 Å². The molecule has 3 aliphatic rings. The number of piperazine rings is 1. The van der Waals surface area contributed by atoms with Crippen LogP contribution in [0.2, 0.25) is 0 Å². The highest BCUT2D eigenvalue weighted by molar-refractivity contribution is 5.89. The van der Waals surface area contributed by atoms with Crippen molar-refractivity contribution in [3.8, 4) is 0 Å². The van der Waals surface area contributed by atoms with Gasteiger partial charge in [-0.05, 0) is 49.2 Å². The Hall–Kier alpha value is -2.90. The van der Waals surface area contributed by atoms with Crippen molar-refractivity contribution in [1.82, 2.24) is 14.5 Å². The lowest BCUT2D eigenvalue weighted by molar-refractivity contribution is 0.134. The van der Waals surface area contributed by atoms with Gasteiger partial charge in [-0.1, -0.05) is 6.07 Å². The van der Waals surface area contributed by atoms with Crippen molar-refractivity contribution in [1.29, 1.82) is 0 Å². The number of hydrogen-bond acceptors (Lipinski definition) is 6. The molecule has 2 aromatic heterocycles. The molecule has 2 atom stereocenters. The van der Waals surface area contributed by atoms with Crippen LogP contribution >= 0.6 is 0 Å². The summed E-state index contributed by atoms with van der Waals surface area (Å²) >= 11 is 0. The highest BCUT2D eigenvalue weighted by Gasteiger charge is 2.40. The van der Waals surface area contributed by atoms with Crippen LogP contribution < -0.4 is 21.1 Å². The van der Waals surface area contributed by atoms with Gasteiger partial charge in [-0.15, -0.1) is 0 Å². The number of rotatable bonds is 2. The number of pyridine rings is 2. The number of aryl methyl sites for hydroxylation is 1. The van der Waals surface area contributed by atoms with Gasteiger partial charge in [0.2, 0.25) is 0 Å². The fourth-order valence-electron chi connectivity index (χ4n) is 5.84. The lowest BCUT2D eigenvalue weighted by atomic mass is 9.92. The van der Waals surface area contributed by atoms with Crippen molar-refractivity contribution in [3.63, 3.8) is 0 Å². The summed E-state index contributed by atoms with van der Waals surface area (Å²) in [6.45, 7) is 8.98. The van der Waals surface area contributed by atoms with Crippen LogP contribution in [-0.2, 0) is 13.6 Å². The zero-order chi connectivity index (χ0) is 22.2. The van der Waals surface area contributed by atoms with Crippen LogP contribution in [0.25, 0.3) is 11.0 Å². The van der Waals surface area contributed by atoms with Crippen molar-refractivity contribution in [2.24, 2.45) is 12.8 Å². The molecule has 7 nitrogen and oxygen atoms in total. The SMILES string of the molecule is C[C@@H]1CN(c2cc(=O)n(C)c3ncccc23)C[C@@H]2c3ccc(N4CC(C)(N)C4)cc3CN12. The first-order chi connectivity index (χ1) is 15.3. The highest BCUT2D eigenvalue weighted by Crippen LogP contribution is 2.42. The van der Waals surface area contributed by atoms with Crippen LogP contribution in [0.3, 0.4) is 0 Å². The average molecular weight is 431 g/mol. The molecule has 2 fully saturated rings. The normalized spacial score (nSPS) is 24.4. The van der Waals surface area contributed by atoms with Gasteiger partial charge in [-0.2, -0.15) is 0 Å². The molecule has 2 N–H and O–H groups in total. The second kappa shape index (κ2) is 6.80. The van der Waals surface area contributed by atoms with Crippen LogP contribution in [0.4, 0.5) is 11.4 Å². The molecule has 0 bridgehead atoms. The Morgan fingerprint density at radius 1 is 1.12 bits per heavy atom. The number of benzene rings is 1. The average Bonchev–Trinajstić information content (AvgIpc) is 3.13. The van der Waals surface area contributed by atoms with E-state index in [1.807, 2.05) is 6.07 Å². The lowest BCUT2D eigenvalue weighted by Crippen LogP contribution is -2.65. The van der Waals surface area contributed by atoms with E-state index in [1.165, 1.54) is 16.8 Å². The molecular formula is C25H30N6O. The summed E-state index contributed by atoms with van der Waals surface area (Å²) in [5.74, 6) is 0. The van der Waals surface area contributed by atoms with Crippen LogP contribution in [0.15, 0.2) is 47.4 Å². The van der Waals surface area contributed by atoms with E-state index in [2.05, 4.69) is 57.8 Å². The molecule has 0 spiro atoms. The van der Waals surface area contributed by atoms with Crippen molar-refractivity contribution < 1.29 is 0 Å². The summed E-state index contributed by atoms with van der Waals surface area (Å²) in [5.41, 5.74) is 12.0. The molecule has 1 aromatic carbocycles. The van der Waals surface area contributed by atoms with Crippen LogP contribution in [-0.4, -0.2) is 52.2 Å². The molecule has 0 saturated carbocycles. The summed E-state index contributed by atoms with van der Waals surface area (Å²) in [5, 5.41) is 1.03. The van der Waals surface area contributed by atoms with Gasteiger partial charge >= 0.3 is 0 Å². The summed E-state index contributed by atoms with van der Waals surface area (Å²) in [7, 11) is 1.79. The third-order valence-electron chi connectivity index (χ3n) is 7.46. The molecule has 166 valence electrons. The molecular weight excluding hydrogens is 400 g/mol. The van der Waals surface area contributed by atoms with E-state index in [0.29, 0.717) is 12.1 Å². The predicted molar refractivity (Wildman–Crippen MR) is 128 cm³/mol. The fourth-order valence-corrected chi connectivity index (χ4v) is 5.84. The van der Waals surface area contributed by atoms with Gasteiger partial charge in [-0.3, -0.25) is 14.3 Å². The van der Waals surface area contributed by atoms with Crippen molar-refractivity contribution in [2.75, 3.05) is 36.0 Å². The maximum atomic E-state index is 12.7. The molecule has 7 heteroatoms. The minimum Gasteiger partial charge on any atom is -0.368 e. The van der Waals surface area contributed by atoms with Gasteiger partial charge < -0.3 is 15.5 Å². The zero-order valence-corrected chi connectivity index (χ0v) is 19.0. The molecule has 5 heterocycles. The Morgan fingerprint density at radius 3 is 2.72 bits per heavy atom. The van der Waals surface area contributed by atoms with Crippen molar-refractivity contribution in [2.45, 2.75) is 38.0 Å². The fraction of sp³-hybridized carbons (Fsp3) is 0.440. The Bertz CT molecular complexity index is 1270. The maximum absolute atomic E-state index is 12.7. The monoisotopic (exact) mass is 430 g/mol. The Balaban J connectivity index is 1.34. The van der Waals surface area contributed by atoms with E-state index in [4.69, 9.17) is 5.73 Å². The van der Waals surface area contributed by atoms with Crippen LogP contribution in [0, 0.1) is 0 Å². The smallest absolute Gasteiger partial charge is 0.253 e. The van der Waals surface area contributed by atoms with E-state index in [0.717, 1.165) is 49.4 Å². The Morgan fingerprint density at radius 2 is 1.94 bits per heavy atom. The number of aromatic nitrogens is 2. The highest BCUT2D eigenvalue weighted by atomic mass is 16.1. The largest absolute Gasteiger partial charge is 0.368 e. The first-order valence-corrected chi connectivity index (χ1v) is 11.4. The van der Waals surface area contributed by atoms with Gasteiger partial charge in [0.05, 0.1) is 11.7 Å². The first kappa shape index (κ1) is 19.8. The van der Waals surface area contributed by atoms with Crippen LogP contribution in [0.5, 0.6) is 0 Å². The summed E-state index contributed by atoms with van der Waals surface area (Å²) in [4.78, 5) is 24.5. The van der Waals surface area contributed by atoms with Crippen molar-refractivity contribution >= 4 is 22.4 Å². The Kier molecular flexibility index (Phi) is 4.20. The Labute approximate surface area is 188 Å². The molecule has 2 saturated heterocycles. The molecule has 6 rings (SSSR count). The van der Waals surface area contributed by atoms with Gasteiger partial charge in [0.1, 0.15) is 5.65 Å². The topological polar surface area (TPSA) is 70.6 Å². The number of nitrogens with two attached hydrogens (primary N) is 1. The number of nitrogens with zero attached hydrogens (tertiary/aromatic N) is 5. The van der Waals surface area contributed by atoms with E-state index < -0.39 is 0 Å². The van der Waals surface area contributed by atoms with Gasteiger partial charge in [-0.25, -0.2) is 4.98 Å². The van der Waals surface area contributed by atoms with E-state index >= 15 is 0 Å². The molecule has 3 aliphatic heterocycles. The molecule has 0 unspecified atom stereocenters. The summed E-state index contributed by atoms with van der Waals surface area (Å²) in [6.07, 6.45) is 1.75. The quantitative estimate of drug-likeness (QED) is 0.672. The second-order valence-corrected chi connectivity index (χ2v) is 10.1. The van der Waals surface area contributed by atoms with E-state index in [1.54, 1.807) is 23.9 Å². The lowest BCUT2D eigenvalue weighted by Gasteiger charge is -2.47. The molecule has 32 heavy (non-hydrogen) atoms. The number of hydrogen-bond donors (Lipinski definition) is 1. The third kappa shape index (κ3) is 2.95. The van der Waals surface area contributed by atoms with Crippen LogP contribution in [0.1, 0.15) is 31.0 Å². The van der Waals surface area contributed by atoms with Crippen molar-refractivity contribution in [3.05, 3.63) is 64.1 Å². The first-order valence-electron chi connectivity index (χ1n) is 11.4. The maximum Gasteiger partial charge on any atom is 0.253 e. The standard InChI is InChI=1S/C25H30N6O/c1-16-11-29(21-10-23(32)28(3)24-20(21)5-4-8-27-24)13-22-19-7-6-18(9-17(19)12-31(16)22)30-14-25(2,26)15-30/h4-10,16,22H,11-15,26H2,1-3H3/t16-,22-/m1/s1. The second-order valence-electron chi connectivity index (χ2n) is 10.1. The number of anilines is 2. The zero-order valence-electron chi connectivity index (χ0n) is 19.0. The number of fused-ring (bicyclic) bond motifs is 4. The third-order valence-corrected chi connectivity index (χ3v) is 7.46. The molecule has 0 radical (unpaired) electrons. The molecule has 3 aromatic rings. The summed E-state index contributed by atoms with van der Waals surface area (Å²) < 4.78 is 1.63. The summed E-state index contributed by atoms with van der Waals surface area (Å²) in [6, 6.07) is 13.4.